The predicted molar refractivity (Wildman–Crippen MR) is 46.8 cm³/mol. The molecule has 56 valence electrons. The minimum Gasteiger partial charge on any atom is -0.462 e. The lowest BCUT2D eigenvalue weighted by molar-refractivity contribution is 0.561. The van der Waals surface area contributed by atoms with E-state index in [0.29, 0.717) is 0 Å². The van der Waals surface area contributed by atoms with E-state index in [2.05, 4.69) is 22.2 Å². The van der Waals surface area contributed by atoms with Crippen molar-refractivity contribution in [1.29, 1.82) is 0 Å². The lowest BCUT2D eigenvalue weighted by Gasteiger charge is -1.90. The minimum atomic E-state index is 0.945. The van der Waals surface area contributed by atoms with Crippen molar-refractivity contribution in [1.82, 2.24) is 0 Å². The standard InChI is InChI=1S/C8H13OP/c1-3-4-7-5-8(10)9-6(7)2/h5H,3-4,10H2,1-2H3. The molecule has 1 aromatic heterocycles. The van der Waals surface area contributed by atoms with E-state index in [1.165, 1.54) is 12.0 Å². The summed E-state index contributed by atoms with van der Waals surface area (Å²) in [7, 11) is 2.57. The van der Waals surface area contributed by atoms with E-state index >= 15 is 0 Å². The van der Waals surface area contributed by atoms with E-state index in [4.69, 9.17) is 4.42 Å². The summed E-state index contributed by atoms with van der Waals surface area (Å²) >= 11 is 0. The average Bonchev–Trinajstić information content (AvgIpc) is 2.13. The van der Waals surface area contributed by atoms with Crippen LogP contribution in [0.25, 0.3) is 0 Å². The van der Waals surface area contributed by atoms with Crippen molar-refractivity contribution in [3.05, 3.63) is 17.4 Å². The molecule has 0 amide bonds. The van der Waals surface area contributed by atoms with E-state index < -0.39 is 0 Å². The number of aryl methyl sites for hydroxylation is 2. The molecule has 1 heterocycles. The summed E-state index contributed by atoms with van der Waals surface area (Å²) in [5.41, 5.74) is 2.29. The molecule has 0 aliphatic carbocycles. The molecule has 1 rings (SSSR count). The molecule has 0 spiro atoms. The Balaban J connectivity index is 2.81. The number of hydrogen-bond donors (Lipinski definition) is 0. The smallest absolute Gasteiger partial charge is 0.119 e. The summed E-state index contributed by atoms with van der Waals surface area (Å²) in [6.45, 7) is 4.19. The Morgan fingerprint density at radius 1 is 1.60 bits per heavy atom. The van der Waals surface area contributed by atoms with Crippen LogP contribution >= 0.6 is 9.24 Å². The van der Waals surface area contributed by atoms with Gasteiger partial charge >= 0.3 is 0 Å². The molecule has 1 aromatic rings. The van der Waals surface area contributed by atoms with Crippen molar-refractivity contribution >= 4 is 14.7 Å². The summed E-state index contributed by atoms with van der Waals surface area (Å²) in [5.74, 6) is 1.06. The third-order valence-electron chi connectivity index (χ3n) is 1.56. The molecule has 0 fully saturated rings. The highest BCUT2D eigenvalue weighted by Crippen LogP contribution is 2.10. The first-order chi connectivity index (χ1) is 4.74. The molecular formula is C8H13OP. The molecular weight excluding hydrogens is 143 g/mol. The van der Waals surface area contributed by atoms with Crippen LogP contribution in [0.15, 0.2) is 10.5 Å². The zero-order valence-electron chi connectivity index (χ0n) is 6.48. The van der Waals surface area contributed by atoms with E-state index in [-0.39, 0.29) is 0 Å². The van der Waals surface area contributed by atoms with Crippen LogP contribution in [-0.4, -0.2) is 0 Å². The van der Waals surface area contributed by atoms with Gasteiger partial charge in [-0.1, -0.05) is 22.6 Å². The third kappa shape index (κ3) is 1.60. The molecule has 1 unspecified atom stereocenters. The van der Waals surface area contributed by atoms with Gasteiger partial charge in [-0.15, -0.1) is 0 Å². The van der Waals surface area contributed by atoms with Gasteiger partial charge in [0.25, 0.3) is 0 Å². The van der Waals surface area contributed by atoms with Gasteiger partial charge in [-0.3, -0.25) is 0 Å². The predicted octanol–water partition coefficient (Wildman–Crippen LogP) is 2.04. The van der Waals surface area contributed by atoms with Crippen LogP contribution in [0.2, 0.25) is 0 Å². The normalized spacial score (nSPS) is 10.3. The zero-order valence-corrected chi connectivity index (χ0v) is 7.63. The van der Waals surface area contributed by atoms with Crippen molar-refractivity contribution in [3.63, 3.8) is 0 Å². The Hall–Kier alpha value is -0.290. The summed E-state index contributed by atoms with van der Waals surface area (Å²) in [5, 5.41) is 0. The molecule has 0 aromatic carbocycles. The Bertz CT molecular complexity index is 215. The van der Waals surface area contributed by atoms with Crippen LogP contribution in [0.1, 0.15) is 24.7 Å². The highest BCUT2D eigenvalue weighted by molar-refractivity contribution is 7.26. The largest absolute Gasteiger partial charge is 0.462 e. The van der Waals surface area contributed by atoms with Gasteiger partial charge in [-0.2, -0.15) is 0 Å². The maximum Gasteiger partial charge on any atom is 0.119 e. The summed E-state index contributed by atoms with van der Waals surface area (Å²) in [6.07, 6.45) is 2.31. The van der Waals surface area contributed by atoms with Gasteiger partial charge in [0.1, 0.15) is 11.3 Å². The first-order valence-electron chi connectivity index (χ1n) is 3.58. The van der Waals surface area contributed by atoms with Gasteiger partial charge in [0.15, 0.2) is 0 Å². The van der Waals surface area contributed by atoms with Crippen LogP contribution in [0.3, 0.4) is 0 Å². The van der Waals surface area contributed by atoms with E-state index in [1.807, 2.05) is 6.92 Å². The fraction of sp³-hybridized carbons (Fsp3) is 0.500. The first-order valence-corrected chi connectivity index (χ1v) is 4.16. The molecule has 0 radical (unpaired) electrons. The maximum atomic E-state index is 5.33. The fourth-order valence-corrected chi connectivity index (χ4v) is 1.44. The lowest BCUT2D eigenvalue weighted by Crippen LogP contribution is -1.81. The van der Waals surface area contributed by atoms with Gasteiger partial charge < -0.3 is 4.42 Å². The quantitative estimate of drug-likeness (QED) is 0.597. The third-order valence-corrected chi connectivity index (χ3v) is 1.84. The number of hydrogen-bond acceptors (Lipinski definition) is 1. The Kier molecular flexibility index (Phi) is 2.50. The Morgan fingerprint density at radius 2 is 2.30 bits per heavy atom. The Morgan fingerprint density at radius 3 is 2.70 bits per heavy atom. The number of furan rings is 1. The maximum absolute atomic E-state index is 5.33. The van der Waals surface area contributed by atoms with Gasteiger partial charge in [0.2, 0.25) is 0 Å². The monoisotopic (exact) mass is 156 g/mol. The average molecular weight is 156 g/mol. The van der Waals surface area contributed by atoms with E-state index in [9.17, 15) is 0 Å². The molecule has 0 aliphatic heterocycles. The van der Waals surface area contributed by atoms with Crippen molar-refractivity contribution in [2.24, 2.45) is 0 Å². The van der Waals surface area contributed by atoms with Crippen LogP contribution < -0.4 is 5.50 Å². The second-order valence-corrected chi connectivity index (χ2v) is 3.05. The zero-order chi connectivity index (χ0) is 7.56. The van der Waals surface area contributed by atoms with Crippen LogP contribution in [0, 0.1) is 6.92 Å². The summed E-state index contributed by atoms with van der Waals surface area (Å²) in [6, 6.07) is 2.09. The van der Waals surface area contributed by atoms with Crippen molar-refractivity contribution < 1.29 is 4.42 Å². The molecule has 2 heteroatoms. The second kappa shape index (κ2) is 3.21. The topological polar surface area (TPSA) is 13.1 Å². The summed E-state index contributed by atoms with van der Waals surface area (Å²) < 4.78 is 5.33. The van der Waals surface area contributed by atoms with Gasteiger partial charge in [0, 0.05) is 0 Å². The molecule has 0 bridgehead atoms. The highest BCUT2D eigenvalue weighted by Gasteiger charge is 2.01. The van der Waals surface area contributed by atoms with Gasteiger partial charge in [-0.25, -0.2) is 0 Å². The van der Waals surface area contributed by atoms with Crippen LogP contribution in [0.5, 0.6) is 0 Å². The molecule has 0 saturated heterocycles. The second-order valence-electron chi connectivity index (χ2n) is 2.48. The molecule has 1 nitrogen and oxygen atoms in total. The fourth-order valence-electron chi connectivity index (χ4n) is 1.06. The first kappa shape index (κ1) is 7.81. The van der Waals surface area contributed by atoms with Crippen molar-refractivity contribution in [2.45, 2.75) is 26.7 Å². The van der Waals surface area contributed by atoms with Crippen LogP contribution in [-0.2, 0) is 6.42 Å². The molecule has 0 saturated carbocycles. The lowest BCUT2D eigenvalue weighted by atomic mass is 10.1. The molecule has 10 heavy (non-hydrogen) atoms. The van der Waals surface area contributed by atoms with Gasteiger partial charge in [-0.05, 0) is 25.0 Å². The molecule has 1 atom stereocenters. The van der Waals surface area contributed by atoms with Crippen molar-refractivity contribution in [2.75, 3.05) is 0 Å². The molecule has 0 aliphatic rings. The van der Waals surface area contributed by atoms with Crippen molar-refractivity contribution in [3.8, 4) is 0 Å². The van der Waals surface area contributed by atoms with Crippen LogP contribution in [0.4, 0.5) is 0 Å². The van der Waals surface area contributed by atoms with E-state index in [1.54, 1.807) is 0 Å². The SMILES string of the molecule is CCCc1cc(P)oc1C. The van der Waals surface area contributed by atoms with Gasteiger partial charge in [0.05, 0.1) is 0 Å². The Labute approximate surface area is 64.0 Å². The highest BCUT2D eigenvalue weighted by atomic mass is 31.0. The number of rotatable bonds is 2. The minimum absolute atomic E-state index is 0.945. The summed E-state index contributed by atoms with van der Waals surface area (Å²) in [4.78, 5) is 0. The molecule has 0 N–H and O–H groups in total. The van der Waals surface area contributed by atoms with E-state index in [0.717, 1.165) is 17.7 Å².